The summed E-state index contributed by atoms with van der Waals surface area (Å²) in [5.41, 5.74) is 0.418. The number of para-hydroxylation sites is 1. The van der Waals surface area contributed by atoms with E-state index in [-0.39, 0.29) is 17.6 Å². The molecule has 0 bridgehead atoms. The van der Waals surface area contributed by atoms with E-state index in [0.29, 0.717) is 30.6 Å². The van der Waals surface area contributed by atoms with E-state index in [0.717, 1.165) is 0 Å². The molecular weight excluding hydrogens is 308 g/mol. The number of aryl methyl sites for hydroxylation is 1. The number of amides is 2. The number of carbonyl (C=O) groups is 2. The van der Waals surface area contributed by atoms with Crippen LogP contribution in [-0.2, 0) is 16.0 Å². The topological polar surface area (TPSA) is 87.7 Å². The number of phenolic OH excluding ortho intramolecular Hbond substituents is 1. The van der Waals surface area contributed by atoms with E-state index in [4.69, 9.17) is 4.74 Å². The SMILES string of the molecule is CC(C)C(=O)NCCCc1cccc(NC(=O)OC(C)(C)C)c1O. The third-order valence-electron chi connectivity index (χ3n) is 3.20. The maximum atomic E-state index is 11.8. The number of phenols is 1. The highest BCUT2D eigenvalue weighted by Crippen LogP contribution is 2.28. The summed E-state index contributed by atoms with van der Waals surface area (Å²) in [6.45, 7) is 9.54. The fourth-order valence-electron chi connectivity index (χ4n) is 2.00. The van der Waals surface area contributed by atoms with E-state index in [2.05, 4.69) is 10.6 Å². The molecule has 0 saturated carbocycles. The van der Waals surface area contributed by atoms with Gasteiger partial charge in [0.05, 0.1) is 5.69 Å². The Bertz CT molecular complexity index is 577. The smallest absolute Gasteiger partial charge is 0.412 e. The van der Waals surface area contributed by atoms with Crippen LogP contribution in [0.1, 0.15) is 46.6 Å². The van der Waals surface area contributed by atoms with Crippen molar-refractivity contribution in [3.05, 3.63) is 23.8 Å². The molecule has 0 saturated heterocycles. The lowest BCUT2D eigenvalue weighted by atomic mass is 10.1. The first kappa shape index (κ1) is 19.8. The van der Waals surface area contributed by atoms with Crippen molar-refractivity contribution in [1.82, 2.24) is 5.32 Å². The van der Waals surface area contributed by atoms with Crippen LogP contribution < -0.4 is 10.6 Å². The summed E-state index contributed by atoms with van der Waals surface area (Å²) >= 11 is 0. The molecule has 6 nitrogen and oxygen atoms in total. The van der Waals surface area contributed by atoms with E-state index >= 15 is 0 Å². The van der Waals surface area contributed by atoms with Crippen molar-refractivity contribution in [2.45, 2.75) is 53.1 Å². The largest absolute Gasteiger partial charge is 0.505 e. The predicted octanol–water partition coefficient (Wildman–Crippen LogP) is 3.44. The van der Waals surface area contributed by atoms with E-state index in [1.165, 1.54) is 0 Å². The van der Waals surface area contributed by atoms with Gasteiger partial charge >= 0.3 is 6.09 Å². The molecule has 0 radical (unpaired) electrons. The maximum absolute atomic E-state index is 11.8. The van der Waals surface area contributed by atoms with Crippen LogP contribution in [0.3, 0.4) is 0 Å². The van der Waals surface area contributed by atoms with Crippen LogP contribution in [0.25, 0.3) is 0 Å². The molecule has 0 heterocycles. The van der Waals surface area contributed by atoms with Gasteiger partial charge in [0.25, 0.3) is 0 Å². The number of rotatable bonds is 6. The third-order valence-corrected chi connectivity index (χ3v) is 3.20. The van der Waals surface area contributed by atoms with Crippen LogP contribution in [0.2, 0.25) is 0 Å². The molecule has 0 aromatic heterocycles. The Morgan fingerprint density at radius 3 is 2.50 bits per heavy atom. The molecule has 1 aromatic rings. The Morgan fingerprint density at radius 2 is 1.92 bits per heavy atom. The Hall–Kier alpha value is -2.24. The number of aromatic hydroxyl groups is 1. The predicted molar refractivity (Wildman–Crippen MR) is 94.1 cm³/mol. The molecule has 1 rings (SSSR count). The molecule has 134 valence electrons. The van der Waals surface area contributed by atoms with Gasteiger partial charge in [0.1, 0.15) is 11.4 Å². The second-order valence-corrected chi connectivity index (χ2v) is 6.99. The summed E-state index contributed by atoms with van der Waals surface area (Å²) in [5.74, 6) is -0.00197. The molecule has 0 unspecified atom stereocenters. The first-order chi connectivity index (χ1) is 11.1. The zero-order valence-corrected chi connectivity index (χ0v) is 15.1. The van der Waals surface area contributed by atoms with Gasteiger partial charge in [-0.1, -0.05) is 26.0 Å². The molecule has 2 amide bonds. The van der Waals surface area contributed by atoms with Crippen molar-refractivity contribution in [2.75, 3.05) is 11.9 Å². The first-order valence-electron chi connectivity index (χ1n) is 8.18. The standard InChI is InChI=1S/C18H28N2O4/c1-12(2)16(22)19-11-7-9-13-8-6-10-14(15(13)21)20-17(23)24-18(3,4)5/h6,8,10,12,21H,7,9,11H2,1-5H3,(H,19,22)(H,20,23). The second kappa shape index (κ2) is 8.57. The van der Waals surface area contributed by atoms with Crippen molar-refractivity contribution in [3.63, 3.8) is 0 Å². The van der Waals surface area contributed by atoms with Gasteiger partial charge in [-0.15, -0.1) is 0 Å². The van der Waals surface area contributed by atoms with Crippen LogP contribution in [0.5, 0.6) is 5.75 Å². The Morgan fingerprint density at radius 1 is 1.25 bits per heavy atom. The summed E-state index contributed by atoms with van der Waals surface area (Å²) in [6.07, 6.45) is 0.676. The quantitative estimate of drug-likeness (QED) is 0.548. The molecule has 1 aromatic carbocycles. The molecule has 0 aliphatic rings. The van der Waals surface area contributed by atoms with E-state index in [1.807, 2.05) is 13.8 Å². The van der Waals surface area contributed by atoms with Crippen molar-refractivity contribution < 1.29 is 19.4 Å². The molecular formula is C18H28N2O4. The highest BCUT2D eigenvalue weighted by molar-refractivity contribution is 5.87. The van der Waals surface area contributed by atoms with Crippen LogP contribution in [0, 0.1) is 5.92 Å². The zero-order chi connectivity index (χ0) is 18.3. The normalized spacial score (nSPS) is 11.2. The molecule has 3 N–H and O–H groups in total. The number of benzene rings is 1. The zero-order valence-electron chi connectivity index (χ0n) is 15.1. The Labute approximate surface area is 143 Å². The number of ether oxygens (including phenoxy) is 1. The van der Waals surface area contributed by atoms with Gasteiger partial charge in [-0.2, -0.15) is 0 Å². The lowest BCUT2D eigenvalue weighted by Gasteiger charge is -2.20. The molecule has 0 atom stereocenters. The van der Waals surface area contributed by atoms with Gasteiger partial charge in [0.2, 0.25) is 5.91 Å². The fourth-order valence-corrected chi connectivity index (χ4v) is 2.00. The van der Waals surface area contributed by atoms with E-state index in [9.17, 15) is 14.7 Å². The van der Waals surface area contributed by atoms with Crippen molar-refractivity contribution in [3.8, 4) is 5.75 Å². The van der Waals surface area contributed by atoms with Crippen molar-refractivity contribution in [2.24, 2.45) is 5.92 Å². The molecule has 24 heavy (non-hydrogen) atoms. The van der Waals surface area contributed by atoms with Gasteiger partial charge in [-0.25, -0.2) is 4.79 Å². The first-order valence-corrected chi connectivity index (χ1v) is 8.18. The summed E-state index contributed by atoms with van der Waals surface area (Å²) in [6, 6.07) is 5.16. The van der Waals surface area contributed by atoms with Crippen LogP contribution in [0.15, 0.2) is 18.2 Å². The van der Waals surface area contributed by atoms with Gasteiger partial charge < -0.3 is 15.2 Å². The number of hydrogen-bond acceptors (Lipinski definition) is 4. The molecule has 6 heteroatoms. The van der Waals surface area contributed by atoms with Gasteiger partial charge in [-0.05, 0) is 45.2 Å². The molecule has 0 spiro atoms. The number of carbonyl (C=O) groups excluding carboxylic acids is 2. The second-order valence-electron chi connectivity index (χ2n) is 6.99. The monoisotopic (exact) mass is 336 g/mol. The minimum absolute atomic E-state index is 0.0135. The number of anilines is 1. The highest BCUT2D eigenvalue weighted by Gasteiger charge is 2.18. The van der Waals surface area contributed by atoms with E-state index in [1.54, 1.807) is 39.0 Å². The Balaban J connectivity index is 2.59. The lowest BCUT2D eigenvalue weighted by molar-refractivity contribution is -0.123. The molecule has 0 aliphatic carbocycles. The number of hydrogen-bond donors (Lipinski definition) is 3. The lowest BCUT2D eigenvalue weighted by Crippen LogP contribution is -2.28. The summed E-state index contributed by atoms with van der Waals surface area (Å²) < 4.78 is 5.18. The Kier molecular flexibility index (Phi) is 7.07. The van der Waals surface area contributed by atoms with Gasteiger partial charge in [0, 0.05) is 12.5 Å². The summed E-state index contributed by atoms with van der Waals surface area (Å²) in [7, 11) is 0. The van der Waals surface area contributed by atoms with Gasteiger partial charge in [0.15, 0.2) is 0 Å². The van der Waals surface area contributed by atoms with Crippen LogP contribution >= 0.6 is 0 Å². The average molecular weight is 336 g/mol. The van der Waals surface area contributed by atoms with Crippen molar-refractivity contribution in [1.29, 1.82) is 0 Å². The van der Waals surface area contributed by atoms with Gasteiger partial charge in [-0.3, -0.25) is 10.1 Å². The fraction of sp³-hybridized carbons (Fsp3) is 0.556. The molecule has 0 fully saturated rings. The van der Waals surface area contributed by atoms with E-state index < -0.39 is 11.7 Å². The maximum Gasteiger partial charge on any atom is 0.412 e. The van der Waals surface area contributed by atoms with Crippen molar-refractivity contribution >= 4 is 17.7 Å². The summed E-state index contributed by atoms with van der Waals surface area (Å²) in [5, 5.41) is 15.7. The van der Waals surface area contributed by atoms with Crippen LogP contribution in [0.4, 0.5) is 10.5 Å². The highest BCUT2D eigenvalue weighted by atomic mass is 16.6. The molecule has 0 aliphatic heterocycles. The minimum Gasteiger partial charge on any atom is -0.505 e. The summed E-state index contributed by atoms with van der Waals surface area (Å²) in [4.78, 5) is 23.3. The third kappa shape index (κ3) is 6.89. The number of nitrogens with one attached hydrogen (secondary N) is 2. The van der Waals surface area contributed by atoms with Crippen LogP contribution in [-0.4, -0.2) is 29.3 Å². The average Bonchev–Trinajstić information content (AvgIpc) is 2.44. The minimum atomic E-state index is -0.612.